The molecule has 1 aromatic heterocycles. The number of hydrogen-bond acceptors (Lipinski definition) is 10. The Hall–Kier alpha value is -3.53. The molecule has 1 aliphatic heterocycles. The van der Waals surface area contributed by atoms with Crippen LogP contribution in [0.2, 0.25) is 0 Å². The van der Waals surface area contributed by atoms with Gasteiger partial charge in [0.15, 0.2) is 6.54 Å². The quantitative estimate of drug-likeness (QED) is 0.154. The number of hydrogen-bond donors (Lipinski definition) is 1. The van der Waals surface area contributed by atoms with Crippen LogP contribution >= 0.6 is 23.1 Å². The van der Waals surface area contributed by atoms with E-state index >= 15 is 0 Å². The van der Waals surface area contributed by atoms with Gasteiger partial charge in [0, 0.05) is 35.8 Å². The maximum atomic E-state index is 11.7. The number of carbonyl (C=O) groups is 1. The predicted molar refractivity (Wildman–Crippen MR) is 174 cm³/mol. The van der Waals surface area contributed by atoms with Crippen LogP contribution in [0.5, 0.6) is 0 Å². The first-order valence-corrected chi connectivity index (χ1v) is 18.7. The van der Waals surface area contributed by atoms with Crippen LogP contribution in [-0.2, 0) is 26.8 Å². The fraction of sp³-hybridized carbons (Fsp3) is 0.226. The summed E-state index contributed by atoms with van der Waals surface area (Å²) in [6, 6.07) is 20.4. The minimum absolute atomic E-state index is 0.0303. The fourth-order valence-corrected chi connectivity index (χ4v) is 8.17. The van der Waals surface area contributed by atoms with Crippen molar-refractivity contribution in [1.29, 1.82) is 0 Å². The molecule has 0 radical (unpaired) electrons. The van der Waals surface area contributed by atoms with Gasteiger partial charge in [0.25, 0.3) is 5.01 Å². The van der Waals surface area contributed by atoms with Crippen LogP contribution in [0.1, 0.15) is 35.1 Å². The molecule has 2 heterocycles. The van der Waals surface area contributed by atoms with Gasteiger partial charge in [-0.15, -0.1) is 0 Å². The van der Waals surface area contributed by atoms with Crippen molar-refractivity contribution in [2.24, 2.45) is 0 Å². The molecule has 5 rings (SSSR count). The van der Waals surface area contributed by atoms with Gasteiger partial charge >= 0.3 is 5.97 Å². The maximum absolute atomic E-state index is 11.7. The average Bonchev–Trinajstić information content (AvgIpc) is 3.51. The molecule has 0 aliphatic carbocycles. The first-order valence-electron chi connectivity index (χ1n) is 14.0. The summed E-state index contributed by atoms with van der Waals surface area (Å²) in [5.41, 5.74) is 4.29. The maximum Gasteiger partial charge on any atom is 0.335 e. The van der Waals surface area contributed by atoms with Crippen molar-refractivity contribution in [1.82, 2.24) is 0 Å². The third-order valence-corrected chi connectivity index (χ3v) is 10.9. The lowest BCUT2D eigenvalue weighted by atomic mass is 10.0. The van der Waals surface area contributed by atoms with Crippen LogP contribution in [0.25, 0.3) is 27.4 Å². The van der Waals surface area contributed by atoms with Gasteiger partial charge in [-0.1, -0.05) is 66.4 Å². The van der Waals surface area contributed by atoms with Crippen molar-refractivity contribution >= 4 is 71.3 Å². The summed E-state index contributed by atoms with van der Waals surface area (Å²) in [5, 5.41) is 11.0. The molecule has 1 aliphatic rings. The molecule has 3 aromatic carbocycles. The number of fused-ring (bicyclic) bond motifs is 2. The van der Waals surface area contributed by atoms with E-state index in [1.165, 1.54) is 35.2 Å². The Morgan fingerprint density at radius 1 is 0.956 bits per heavy atom. The molecule has 0 spiro atoms. The van der Waals surface area contributed by atoms with E-state index in [-0.39, 0.29) is 25.1 Å². The fourth-order valence-electron chi connectivity index (χ4n) is 4.99. The normalized spacial score (nSPS) is 14.8. The van der Waals surface area contributed by atoms with E-state index in [2.05, 4.69) is 0 Å². The smallest absolute Gasteiger partial charge is 0.335 e. The zero-order valence-corrected chi connectivity index (χ0v) is 27.3. The number of allylic oxidation sites excluding steroid dienone is 2. The van der Waals surface area contributed by atoms with E-state index in [0.29, 0.717) is 11.9 Å². The molecule has 0 amide bonds. The van der Waals surface area contributed by atoms with Gasteiger partial charge in [-0.25, -0.2) is 21.6 Å². The van der Waals surface area contributed by atoms with Crippen LogP contribution < -0.4 is 9.47 Å². The first-order chi connectivity index (χ1) is 21.3. The molecule has 0 unspecified atom stereocenters. The molecule has 0 saturated carbocycles. The minimum atomic E-state index is -4.48. The van der Waals surface area contributed by atoms with Gasteiger partial charge in [0.1, 0.15) is 4.70 Å². The summed E-state index contributed by atoms with van der Waals surface area (Å²) >= 11 is 2.86. The van der Waals surface area contributed by atoms with Crippen molar-refractivity contribution in [2.75, 3.05) is 23.0 Å². The van der Waals surface area contributed by atoms with Crippen LogP contribution in [0, 0.1) is 0 Å². The van der Waals surface area contributed by atoms with E-state index in [0.717, 1.165) is 42.0 Å². The third kappa shape index (κ3) is 8.20. The minimum Gasteiger partial charge on any atom is -0.748 e. The second kappa shape index (κ2) is 13.4. The largest absolute Gasteiger partial charge is 0.748 e. The number of aryl methyl sites for hydroxylation is 1. The second-order valence-electron chi connectivity index (χ2n) is 10.3. The highest BCUT2D eigenvalue weighted by molar-refractivity contribution is 8.03. The topological polar surface area (TPSA) is 159 Å². The van der Waals surface area contributed by atoms with Gasteiger partial charge < -0.3 is 19.1 Å². The molecular formula is C31H29N2O8S4-. The average molecular weight is 686 g/mol. The first kappa shape index (κ1) is 32.9. The lowest BCUT2D eigenvalue weighted by Gasteiger charge is -2.22. The standard InChI is InChI=1S/C31H30N2O8S4/c1-2-21(17-29-32(13-6-15-44(36,37)38)26-20-24(31(34)35)10-12-28(26)42-29)18-30-33(14-16-45(39,40)41)25-19-23(9-11-27(25)43-30)22-7-4-3-5-8-22/h3-5,7-12,17-20H,2,6,13-16H2,1H3,(H2-,34,35,36,37,38,39,40,41)/p-1. The van der Waals surface area contributed by atoms with E-state index in [4.69, 9.17) is 0 Å². The molecule has 14 heteroatoms. The van der Waals surface area contributed by atoms with Crippen molar-refractivity contribution in [3.05, 3.63) is 94.0 Å². The van der Waals surface area contributed by atoms with Gasteiger partial charge in [0.2, 0.25) is 5.52 Å². The zero-order valence-electron chi connectivity index (χ0n) is 24.1. The lowest BCUT2D eigenvalue weighted by Crippen LogP contribution is -2.36. The van der Waals surface area contributed by atoms with Gasteiger partial charge in [-0.2, -0.15) is 4.57 Å². The van der Waals surface area contributed by atoms with E-state index < -0.39 is 37.7 Å². The summed E-state index contributed by atoms with van der Waals surface area (Å²) < 4.78 is 71.4. The van der Waals surface area contributed by atoms with Crippen LogP contribution in [0.3, 0.4) is 0 Å². The Labute approximate surface area is 269 Å². The highest BCUT2D eigenvalue weighted by Gasteiger charge is 2.27. The number of thiazole rings is 1. The van der Waals surface area contributed by atoms with Crippen LogP contribution in [0.4, 0.5) is 5.69 Å². The van der Waals surface area contributed by atoms with E-state index in [1.54, 1.807) is 6.07 Å². The van der Waals surface area contributed by atoms with Crippen molar-refractivity contribution in [3.63, 3.8) is 0 Å². The second-order valence-corrected chi connectivity index (χ2v) is 15.5. The van der Waals surface area contributed by atoms with E-state index in [1.807, 2.05) is 77.1 Å². The Morgan fingerprint density at radius 3 is 2.36 bits per heavy atom. The molecule has 4 aromatic rings. The summed E-state index contributed by atoms with van der Waals surface area (Å²) in [7, 11) is -8.91. The van der Waals surface area contributed by atoms with Gasteiger partial charge in [0.05, 0.1) is 42.3 Å². The predicted octanol–water partition coefficient (Wildman–Crippen LogP) is 5.28. The highest BCUT2D eigenvalue weighted by Crippen LogP contribution is 2.48. The molecule has 1 N–H and O–H groups in total. The zero-order chi connectivity index (χ0) is 32.4. The molecule has 45 heavy (non-hydrogen) atoms. The summed E-state index contributed by atoms with van der Waals surface area (Å²) in [4.78, 5) is 14.4. The number of thioether (sulfide) groups is 1. The summed E-state index contributed by atoms with van der Waals surface area (Å²) in [6.07, 6.45) is 4.48. The molecule has 0 atom stereocenters. The molecular weight excluding hydrogens is 657 g/mol. The Kier molecular flexibility index (Phi) is 9.82. The molecule has 0 fully saturated rings. The highest BCUT2D eigenvalue weighted by atomic mass is 32.2. The Bertz CT molecular complexity index is 2040. The number of anilines is 1. The molecule has 0 saturated heterocycles. The van der Waals surface area contributed by atoms with Crippen molar-refractivity contribution in [2.45, 2.75) is 31.2 Å². The monoisotopic (exact) mass is 685 g/mol. The number of benzene rings is 3. The summed E-state index contributed by atoms with van der Waals surface area (Å²) in [5.74, 6) is -2.22. The number of rotatable bonds is 12. The molecule has 0 bridgehead atoms. The van der Waals surface area contributed by atoms with Crippen LogP contribution in [-0.4, -0.2) is 55.1 Å². The molecule has 236 valence electrons. The van der Waals surface area contributed by atoms with Crippen molar-refractivity contribution < 1.29 is 40.4 Å². The van der Waals surface area contributed by atoms with Gasteiger partial charge in [-0.05, 0) is 53.5 Å². The number of nitrogens with zero attached hydrogens (tertiary/aromatic N) is 2. The number of carboxylic acids is 1. The Balaban J connectivity index is 1.56. The SMILES string of the molecule is CCC(/C=C1\Sc2ccc(-c3ccccc3)cc2N1CCS(=O)(=O)[O-])=C\c1sc2ccc(C(=O)O)cc2[n+]1CCCS(=O)(=O)[O-]. The number of aromatic carboxylic acids is 1. The summed E-state index contributed by atoms with van der Waals surface area (Å²) in [6.45, 7) is 2.11. The third-order valence-electron chi connectivity index (χ3n) is 7.18. The van der Waals surface area contributed by atoms with Gasteiger partial charge in [-0.3, -0.25) is 0 Å². The number of carboxylic acid groups (broad SMARTS) is 1. The Morgan fingerprint density at radius 2 is 1.69 bits per heavy atom. The van der Waals surface area contributed by atoms with Crippen molar-refractivity contribution in [3.8, 4) is 11.1 Å². The van der Waals surface area contributed by atoms with E-state index in [9.17, 15) is 35.8 Å². The number of aromatic nitrogens is 1. The van der Waals surface area contributed by atoms with Crippen LogP contribution in [0.15, 0.2) is 88.3 Å². The lowest BCUT2D eigenvalue weighted by molar-refractivity contribution is -0.668. The molecule has 10 nitrogen and oxygen atoms in total.